The van der Waals surface area contributed by atoms with Gasteiger partial charge in [-0.2, -0.15) is 13.2 Å². The second-order valence-electron chi connectivity index (χ2n) is 4.90. The molecule has 1 aliphatic rings. The number of carbonyl (C=O) groups excluding carboxylic acids is 1. The van der Waals surface area contributed by atoms with Crippen LogP contribution in [0.1, 0.15) is 21.5 Å². The Morgan fingerprint density at radius 2 is 1.68 bits per heavy atom. The number of rotatable bonds is 1. The zero-order chi connectivity index (χ0) is 15.7. The summed E-state index contributed by atoms with van der Waals surface area (Å²) in [5.74, 6) is 0.360. The van der Waals surface area contributed by atoms with E-state index in [1.165, 1.54) is 12.1 Å². The number of ether oxygens (including phenoxy) is 1. The number of para-hydroxylation sites is 1. The Labute approximate surface area is 124 Å². The minimum Gasteiger partial charge on any atom is -0.488 e. The van der Waals surface area contributed by atoms with Crippen molar-refractivity contribution in [2.45, 2.75) is 6.18 Å². The van der Waals surface area contributed by atoms with Crippen molar-refractivity contribution >= 4 is 11.9 Å². The van der Waals surface area contributed by atoms with E-state index in [4.69, 9.17) is 4.74 Å². The number of alkyl halides is 3. The smallest absolute Gasteiger partial charge is 0.416 e. The quantitative estimate of drug-likeness (QED) is 0.732. The number of hydrogen-bond acceptors (Lipinski definition) is 2. The van der Waals surface area contributed by atoms with E-state index >= 15 is 0 Å². The average molecular weight is 304 g/mol. The Morgan fingerprint density at radius 3 is 2.36 bits per heavy atom. The molecule has 3 rings (SSSR count). The van der Waals surface area contributed by atoms with E-state index in [9.17, 15) is 18.0 Å². The molecule has 0 unspecified atom stereocenters. The first-order chi connectivity index (χ1) is 10.4. The number of fused-ring (bicyclic) bond motifs is 1. The number of carbonyl (C=O) groups is 1. The summed E-state index contributed by atoms with van der Waals surface area (Å²) < 4.78 is 43.0. The van der Waals surface area contributed by atoms with Crippen molar-refractivity contribution in [1.29, 1.82) is 0 Å². The zero-order valence-corrected chi connectivity index (χ0v) is 11.4. The predicted octanol–water partition coefficient (Wildman–Crippen LogP) is 4.36. The van der Waals surface area contributed by atoms with E-state index in [0.29, 0.717) is 22.4 Å². The molecule has 112 valence electrons. The van der Waals surface area contributed by atoms with Gasteiger partial charge in [0, 0.05) is 5.57 Å². The lowest BCUT2D eigenvalue weighted by Crippen LogP contribution is -2.18. The number of Topliss-reactive ketones (excluding diaryl/α,β-unsaturated/α-hetero) is 1. The molecule has 22 heavy (non-hydrogen) atoms. The summed E-state index contributed by atoms with van der Waals surface area (Å²) >= 11 is 0. The first-order valence-electron chi connectivity index (χ1n) is 6.59. The fourth-order valence-corrected chi connectivity index (χ4v) is 2.25. The van der Waals surface area contributed by atoms with Gasteiger partial charge in [-0.25, -0.2) is 0 Å². The van der Waals surface area contributed by atoms with Gasteiger partial charge in [-0.1, -0.05) is 24.3 Å². The Morgan fingerprint density at radius 1 is 1.00 bits per heavy atom. The second-order valence-corrected chi connectivity index (χ2v) is 4.90. The van der Waals surface area contributed by atoms with E-state index in [1.807, 2.05) is 0 Å². The van der Waals surface area contributed by atoms with Gasteiger partial charge in [-0.3, -0.25) is 4.79 Å². The molecule has 0 radical (unpaired) electrons. The SMILES string of the molecule is O=C1/C(=C\c2ccc(C(F)(F)F)cc2)COc2ccccc21. The van der Waals surface area contributed by atoms with E-state index < -0.39 is 11.7 Å². The third-order valence-corrected chi connectivity index (χ3v) is 3.39. The van der Waals surface area contributed by atoms with E-state index in [-0.39, 0.29) is 12.4 Å². The van der Waals surface area contributed by atoms with Crippen molar-refractivity contribution in [3.63, 3.8) is 0 Å². The van der Waals surface area contributed by atoms with Crippen LogP contribution in [0.2, 0.25) is 0 Å². The molecule has 0 N–H and O–H groups in total. The van der Waals surface area contributed by atoms with Gasteiger partial charge in [0.15, 0.2) is 5.78 Å². The minimum absolute atomic E-state index is 0.108. The molecular weight excluding hydrogens is 293 g/mol. The Balaban J connectivity index is 1.89. The van der Waals surface area contributed by atoms with Crippen LogP contribution in [0, 0.1) is 0 Å². The van der Waals surface area contributed by atoms with Gasteiger partial charge in [0.2, 0.25) is 0 Å². The fraction of sp³-hybridized carbons (Fsp3) is 0.118. The van der Waals surface area contributed by atoms with Crippen molar-refractivity contribution in [3.8, 4) is 5.75 Å². The van der Waals surface area contributed by atoms with Crippen LogP contribution in [0.3, 0.4) is 0 Å². The minimum atomic E-state index is -4.37. The molecule has 1 aliphatic heterocycles. The lowest BCUT2D eigenvalue weighted by Gasteiger charge is -2.18. The molecule has 0 amide bonds. The summed E-state index contributed by atoms with van der Waals surface area (Å²) in [6, 6.07) is 11.5. The summed E-state index contributed by atoms with van der Waals surface area (Å²) in [6.45, 7) is 0.108. The maximum absolute atomic E-state index is 12.5. The molecule has 0 spiro atoms. The van der Waals surface area contributed by atoms with Crippen LogP contribution in [0.15, 0.2) is 54.1 Å². The van der Waals surface area contributed by atoms with Gasteiger partial charge in [-0.15, -0.1) is 0 Å². The summed E-state index contributed by atoms with van der Waals surface area (Å²) in [5.41, 5.74) is 0.691. The van der Waals surface area contributed by atoms with Crippen molar-refractivity contribution in [2.24, 2.45) is 0 Å². The lowest BCUT2D eigenvalue weighted by molar-refractivity contribution is -0.137. The van der Waals surface area contributed by atoms with Crippen molar-refractivity contribution in [1.82, 2.24) is 0 Å². The molecule has 1 heterocycles. The number of halogens is 3. The van der Waals surface area contributed by atoms with E-state index in [1.54, 1.807) is 30.3 Å². The first kappa shape index (κ1) is 14.4. The second kappa shape index (κ2) is 5.33. The van der Waals surface area contributed by atoms with Crippen LogP contribution < -0.4 is 4.74 Å². The highest BCUT2D eigenvalue weighted by atomic mass is 19.4. The Bertz CT molecular complexity index is 743. The van der Waals surface area contributed by atoms with Gasteiger partial charge in [0.25, 0.3) is 0 Å². The average Bonchev–Trinajstić information content (AvgIpc) is 2.50. The van der Waals surface area contributed by atoms with E-state index in [0.717, 1.165) is 12.1 Å². The normalized spacial score (nSPS) is 16.3. The lowest BCUT2D eigenvalue weighted by atomic mass is 9.98. The summed E-state index contributed by atoms with van der Waals surface area (Å²) in [6.07, 6.45) is -2.81. The van der Waals surface area contributed by atoms with Crippen molar-refractivity contribution in [3.05, 3.63) is 70.8 Å². The third-order valence-electron chi connectivity index (χ3n) is 3.39. The highest BCUT2D eigenvalue weighted by Crippen LogP contribution is 2.30. The summed E-state index contributed by atoms with van der Waals surface area (Å²) in [5, 5.41) is 0. The highest BCUT2D eigenvalue weighted by molar-refractivity contribution is 6.14. The van der Waals surface area contributed by atoms with Gasteiger partial charge in [0.1, 0.15) is 12.4 Å². The van der Waals surface area contributed by atoms with Crippen LogP contribution in [0.5, 0.6) is 5.75 Å². The zero-order valence-electron chi connectivity index (χ0n) is 11.4. The Hall–Kier alpha value is -2.56. The number of benzene rings is 2. The molecule has 0 aliphatic carbocycles. The van der Waals surface area contributed by atoms with Gasteiger partial charge in [-0.05, 0) is 35.9 Å². The predicted molar refractivity (Wildman–Crippen MR) is 75.7 cm³/mol. The van der Waals surface area contributed by atoms with E-state index in [2.05, 4.69) is 0 Å². The first-order valence-corrected chi connectivity index (χ1v) is 6.59. The Kier molecular flexibility index (Phi) is 3.48. The fourth-order valence-electron chi connectivity index (χ4n) is 2.25. The van der Waals surface area contributed by atoms with Gasteiger partial charge < -0.3 is 4.74 Å². The van der Waals surface area contributed by atoms with Crippen LogP contribution in [-0.2, 0) is 6.18 Å². The molecule has 0 aromatic heterocycles. The van der Waals surface area contributed by atoms with Crippen molar-refractivity contribution < 1.29 is 22.7 Å². The largest absolute Gasteiger partial charge is 0.488 e. The van der Waals surface area contributed by atoms with Gasteiger partial charge >= 0.3 is 6.18 Å². The highest BCUT2D eigenvalue weighted by Gasteiger charge is 2.30. The van der Waals surface area contributed by atoms with Crippen LogP contribution in [0.4, 0.5) is 13.2 Å². The molecular formula is C17H11F3O2. The van der Waals surface area contributed by atoms with Crippen LogP contribution in [-0.4, -0.2) is 12.4 Å². The number of hydrogen-bond donors (Lipinski definition) is 0. The maximum atomic E-state index is 12.5. The van der Waals surface area contributed by atoms with Gasteiger partial charge in [0.05, 0.1) is 11.1 Å². The molecule has 2 aromatic rings. The van der Waals surface area contributed by atoms with Crippen LogP contribution >= 0.6 is 0 Å². The molecule has 0 fully saturated rings. The molecule has 0 bridgehead atoms. The molecule has 5 heteroatoms. The van der Waals surface area contributed by atoms with Crippen LogP contribution in [0.25, 0.3) is 6.08 Å². The maximum Gasteiger partial charge on any atom is 0.416 e. The third kappa shape index (κ3) is 2.74. The summed E-state index contributed by atoms with van der Waals surface area (Å²) in [7, 11) is 0. The molecule has 0 saturated carbocycles. The van der Waals surface area contributed by atoms with Crippen molar-refractivity contribution in [2.75, 3.05) is 6.61 Å². The molecule has 0 atom stereocenters. The number of ketones is 1. The standard InChI is InChI=1S/C17H11F3O2/c18-17(19,20)13-7-5-11(6-8-13)9-12-10-22-15-4-2-1-3-14(15)16(12)21/h1-9H,10H2/b12-9-. The summed E-state index contributed by atoms with van der Waals surface area (Å²) in [4.78, 5) is 12.3. The molecule has 2 nitrogen and oxygen atoms in total. The molecule has 2 aromatic carbocycles. The topological polar surface area (TPSA) is 26.3 Å². The molecule has 0 saturated heterocycles. The monoisotopic (exact) mass is 304 g/mol.